The van der Waals surface area contributed by atoms with Crippen molar-refractivity contribution in [2.45, 2.75) is 11.8 Å². The van der Waals surface area contributed by atoms with Gasteiger partial charge in [-0.05, 0) is 24.3 Å². The van der Waals surface area contributed by atoms with Gasteiger partial charge in [-0.3, -0.25) is 4.79 Å². The zero-order chi connectivity index (χ0) is 10.8. The minimum atomic E-state index is -3.73. The number of nitrogens with two attached hydrogens (primary N) is 1. The first-order chi connectivity index (χ1) is 6.42. The van der Waals surface area contributed by atoms with E-state index >= 15 is 0 Å². The predicted octanol–water partition coefficient (Wildman–Crippen LogP) is -3.73. The van der Waals surface area contributed by atoms with E-state index in [1.165, 1.54) is 24.3 Å². The van der Waals surface area contributed by atoms with Crippen molar-refractivity contribution < 1.29 is 48.2 Å². The van der Waals surface area contributed by atoms with E-state index in [9.17, 15) is 13.2 Å². The summed E-state index contributed by atoms with van der Waals surface area (Å²) in [5.41, 5.74) is 5.85. The van der Waals surface area contributed by atoms with Crippen molar-refractivity contribution >= 4 is 21.6 Å². The van der Waals surface area contributed by atoms with Gasteiger partial charge in [-0.2, -0.15) is 0 Å². The van der Waals surface area contributed by atoms with Crippen LogP contribution < -0.4 is 40.0 Å². The van der Waals surface area contributed by atoms with E-state index in [1.54, 1.807) is 0 Å². The number of nitrogen functional groups attached to an aromatic ring is 1. The Balaban J connectivity index is 0. The van der Waals surface area contributed by atoms with Crippen molar-refractivity contribution in [3.05, 3.63) is 24.3 Å². The Hall–Kier alpha value is -0.600. The quantitative estimate of drug-likeness (QED) is 0.417. The number of rotatable bonds is 2. The van der Waals surface area contributed by atoms with Gasteiger partial charge in [0.15, 0.2) is 0 Å². The van der Waals surface area contributed by atoms with E-state index in [4.69, 9.17) is 5.73 Å². The van der Waals surface area contributed by atoms with Gasteiger partial charge in [-0.15, -0.1) is 0 Å². The van der Waals surface area contributed by atoms with Crippen LogP contribution in [0.25, 0.3) is 0 Å². The summed E-state index contributed by atoms with van der Waals surface area (Å²) in [6.45, 7) is 1.13. The number of amides is 1. The fourth-order valence-electron chi connectivity index (χ4n) is 0.895. The first kappa shape index (κ1) is 17.8. The molecule has 0 saturated carbocycles. The molecule has 8 heteroatoms. The Morgan fingerprint density at radius 2 is 1.69 bits per heavy atom. The Bertz CT molecular complexity index is 444. The molecule has 0 unspecified atom stereocenters. The first-order valence-electron chi connectivity index (χ1n) is 3.81. The largest absolute Gasteiger partial charge is 1.00 e. The number of carbonyl (C=O) groups is 1. The molecule has 0 atom stereocenters. The smallest absolute Gasteiger partial charge is 0.412 e. The topological polar surface area (TPSA) is 121 Å². The SMILES string of the molecule is CC(=O)NS(=O)(=O)c1ccc(N)cc1.O.[Na+]. The van der Waals surface area contributed by atoms with E-state index in [0.717, 1.165) is 6.92 Å². The van der Waals surface area contributed by atoms with Crippen molar-refractivity contribution in [2.75, 3.05) is 5.73 Å². The van der Waals surface area contributed by atoms with E-state index in [-0.39, 0.29) is 39.9 Å². The van der Waals surface area contributed by atoms with Crippen LogP contribution in [0.1, 0.15) is 6.92 Å². The molecule has 1 amide bonds. The molecule has 0 aliphatic rings. The minimum Gasteiger partial charge on any atom is -0.412 e. The van der Waals surface area contributed by atoms with Crippen LogP contribution in [0, 0.1) is 0 Å². The molecule has 16 heavy (non-hydrogen) atoms. The summed E-state index contributed by atoms with van der Waals surface area (Å²) in [4.78, 5) is 10.6. The molecule has 5 N–H and O–H groups in total. The van der Waals surface area contributed by atoms with Crippen molar-refractivity contribution in [1.82, 2.24) is 4.72 Å². The summed E-state index contributed by atoms with van der Waals surface area (Å²) < 4.78 is 24.6. The molecule has 0 aliphatic heterocycles. The molecule has 0 spiro atoms. The zero-order valence-electron chi connectivity index (χ0n) is 9.02. The second-order valence-corrected chi connectivity index (χ2v) is 4.41. The Labute approximate surface area is 116 Å². The number of nitrogens with one attached hydrogen (secondary N) is 1. The van der Waals surface area contributed by atoms with Crippen molar-refractivity contribution in [3.8, 4) is 0 Å². The Kier molecular flexibility index (Phi) is 7.64. The maximum Gasteiger partial charge on any atom is 1.00 e. The maximum absolute atomic E-state index is 11.4. The molecule has 1 rings (SSSR count). The number of hydrogen-bond donors (Lipinski definition) is 2. The third kappa shape index (κ3) is 4.95. The van der Waals surface area contributed by atoms with Gasteiger partial charge in [-0.25, -0.2) is 13.1 Å². The fourth-order valence-corrected chi connectivity index (χ4v) is 1.89. The van der Waals surface area contributed by atoms with Crippen LogP contribution in [0.4, 0.5) is 5.69 Å². The monoisotopic (exact) mass is 255 g/mol. The number of hydrogen-bond acceptors (Lipinski definition) is 4. The van der Waals surface area contributed by atoms with E-state index in [1.807, 2.05) is 4.72 Å². The van der Waals surface area contributed by atoms with Crippen molar-refractivity contribution in [1.29, 1.82) is 0 Å². The number of sulfonamides is 1. The molecule has 84 valence electrons. The molecule has 6 nitrogen and oxygen atoms in total. The number of carbonyl (C=O) groups excluding carboxylic acids is 1. The van der Waals surface area contributed by atoms with Crippen LogP contribution in [0.2, 0.25) is 0 Å². The van der Waals surface area contributed by atoms with Gasteiger partial charge >= 0.3 is 29.6 Å². The Morgan fingerprint density at radius 3 is 2.06 bits per heavy atom. The fraction of sp³-hybridized carbons (Fsp3) is 0.125. The van der Waals surface area contributed by atoms with Crippen LogP contribution >= 0.6 is 0 Å². The van der Waals surface area contributed by atoms with Crippen molar-refractivity contribution in [3.63, 3.8) is 0 Å². The molecule has 0 saturated heterocycles. The predicted molar refractivity (Wildman–Crippen MR) is 55.5 cm³/mol. The normalized spacial score (nSPS) is 9.56. The molecule has 0 heterocycles. The average molecular weight is 255 g/mol. The summed E-state index contributed by atoms with van der Waals surface area (Å²) >= 11 is 0. The summed E-state index contributed by atoms with van der Waals surface area (Å²) in [7, 11) is -3.73. The molecule has 0 aromatic heterocycles. The Morgan fingerprint density at radius 1 is 1.25 bits per heavy atom. The van der Waals surface area contributed by atoms with Gasteiger partial charge in [0, 0.05) is 12.6 Å². The van der Waals surface area contributed by atoms with Gasteiger partial charge in [0.25, 0.3) is 10.0 Å². The standard InChI is InChI=1S/C8H10N2O3S.Na.H2O/c1-6(11)10-14(12,13)8-4-2-7(9)3-5-8;;/h2-5H,9H2,1H3,(H,10,11);;1H2/q;+1;. The van der Waals surface area contributed by atoms with Gasteiger partial charge in [0.05, 0.1) is 4.90 Å². The second-order valence-electron chi connectivity index (χ2n) is 2.73. The van der Waals surface area contributed by atoms with Gasteiger partial charge < -0.3 is 11.2 Å². The van der Waals surface area contributed by atoms with Crippen LogP contribution in [0.15, 0.2) is 29.2 Å². The first-order valence-corrected chi connectivity index (χ1v) is 5.29. The van der Waals surface area contributed by atoms with E-state index in [2.05, 4.69) is 0 Å². The second kappa shape index (κ2) is 6.87. The van der Waals surface area contributed by atoms with Crippen LogP contribution in [-0.2, 0) is 14.8 Å². The zero-order valence-corrected chi connectivity index (χ0v) is 11.8. The summed E-state index contributed by atoms with van der Waals surface area (Å²) in [6, 6.07) is 5.57. The summed E-state index contributed by atoms with van der Waals surface area (Å²) in [5, 5.41) is 0. The van der Waals surface area contributed by atoms with Crippen LogP contribution in [0.5, 0.6) is 0 Å². The molecule has 0 radical (unpaired) electrons. The summed E-state index contributed by atoms with van der Waals surface area (Å²) in [5.74, 6) is -0.623. The van der Waals surface area contributed by atoms with Crippen LogP contribution in [0.3, 0.4) is 0 Å². The molecular weight excluding hydrogens is 243 g/mol. The van der Waals surface area contributed by atoms with Crippen molar-refractivity contribution in [2.24, 2.45) is 0 Å². The third-order valence-corrected chi connectivity index (χ3v) is 2.92. The molecule has 1 aromatic carbocycles. The number of anilines is 1. The van der Waals surface area contributed by atoms with Gasteiger partial charge in [-0.1, -0.05) is 0 Å². The van der Waals surface area contributed by atoms with E-state index < -0.39 is 15.9 Å². The molecule has 0 aliphatic carbocycles. The molecule has 0 bridgehead atoms. The third-order valence-electron chi connectivity index (χ3n) is 1.47. The molecule has 1 aromatic rings. The number of benzene rings is 1. The maximum atomic E-state index is 11.4. The summed E-state index contributed by atoms with van der Waals surface area (Å²) in [6.07, 6.45) is 0. The van der Waals surface area contributed by atoms with Gasteiger partial charge in [0.1, 0.15) is 0 Å². The van der Waals surface area contributed by atoms with E-state index in [0.29, 0.717) is 5.69 Å². The van der Waals surface area contributed by atoms with Gasteiger partial charge in [0.2, 0.25) is 5.91 Å². The molecular formula is C8H12N2NaO4S+. The average Bonchev–Trinajstić information content (AvgIpc) is 2.02. The van der Waals surface area contributed by atoms with Crippen LogP contribution in [-0.4, -0.2) is 19.8 Å². The minimum absolute atomic E-state index is 0. The molecule has 0 fully saturated rings.